The van der Waals surface area contributed by atoms with E-state index in [4.69, 9.17) is 0 Å². The van der Waals surface area contributed by atoms with Gasteiger partial charge in [0.1, 0.15) is 0 Å². The van der Waals surface area contributed by atoms with E-state index >= 15 is 0 Å². The second-order valence-electron chi connectivity index (χ2n) is 9.73. The molecule has 2 fully saturated rings. The zero-order chi connectivity index (χ0) is 24.6. The summed E-state index contributed by atoms with van der Waals surface area (Å²) in [5, 5.41) is 6.69. The molecular weight excluding hydrogens is 434 g/mol. The van der Waals surface area contributed by atoms with Crippen LogP contribution in [0.25, 0.3) is 5.57 Å². The molecule has 1 heterocycles. The van der Waals surface area contributed by atoms with Crippen molar-refractivity contribution < 1.29 is 9.59 Å². The molecule has 4 rings (SSSR count). The number of carbonyl (C=O) groups excluding carboxylic acids is 2. The van der Waals surface area contributed by atoms with Crippen LogP contribution in [0.2, 0.25) is 0 Å². The predicted molar refractivity (Wildman–Crippen MR) is 143 cm³/mol. The molecule has 0 bridgehead atoms. The van der Waals surface area contributed by atoms with Gasteiger partial charge in [-0.1, -0.05) is 48.7 Å². The quantitative estimate of drug-likeness (QED) is 0.504. The van der Waals surface area contributed by atoms with Crippen molar-refractivity contribution in [3.05, 3.63) is 70.8 Å². The monoisotopic (exact) mass is 473 g/mol. The molecule has 0 aromatic heterocycles. The maximum atomic E-state index is 12.9. The number of nitrogens with one attached hydrogen (secondary N) is 2. The van der Waals surface area contributed by atoms with Crippen LogP contribution in [0.3, 0.4) is 0 Å². The van der Waals surface area contributed by atoms with Crippen molar-refractivity contribution >= 4 is 23.1 Å². The molecule has 5 heteroatoms. The van der Waals surface area contributed by atoms with Crippen LogP contribution in [0.4, 0.5) is 5.69 Å². The topological polar surface area (TPSA) is 61.4 Å². The van der Waals surface area contributed by atoms with E-state index < -0.39 is 0 Å². The zero-order valence-corrected chi connectivity index (χ0v) is 21.2. The fraction of sp³-hybridized carbons (Fsp3) is 0.467. The number of rotatable bonds is 8. The Morgan fingerprint density at radius 2 is 1.54 bits per heavy atom. The Morgan fingerprint density at radius 3 is 2.20 bits per heavy atom. The molecule has 2 aromatic rings. The van der Waals surface area contributed by atoms with Gasteiger partial charge in [0.05, 0.1) is 0 Å². The Hall–Kier alpha value is -2.92. The highest BCUT2D eigenvalue weighted by Crippen LogP contribution is 2.36. The number of para-hydroxylation sites is 1. The number of piperidine rings is 1. The molecule has 2 N–H and O–H groups in total. The number of hydrogen-bond donors (Lipinski definition) is 2. The molecule has 2 amide bonds. The lowest BCUT2D eigenvalue weighted by atomic mass is 9.87. The molecule has 0 radical (unpaired) electrons. The van der Waals surface area contributed by atoms with Gasteiger partial charge in [0, 0.05) is 36.3 Å². The van der Waals surface area contributed by atoms with Gasteiger partial charge in [0.2, 0.25) is 5.91 Å². The molecule has 2 aliphatic rings. The van der Waals surface area contributed by atoms with E-state index in [9.17, 15) is 9.59 Å². The van der Waals surface area contributed by atoms with Gasteiger partial charge < -0.3 is 15.5 Å². The van der Waals surface area contributed by atoms with Crippen LogP contribution in [0, 0.1) is 5.92 Å². The molecule has 1 saturated heterocycles. The van der Waals surface area contributed by atoms with Crippen LogP contribution in [0.15, 0.2) is 54.1 Å². The minimum absolute atomic E-state index is 0.0668. The van der Waals surface area contributed by atoms with E-state index in [2.05, 4.69) is 28.8 Å². The highest BCUT2D eigenvalue weighted by Gasteiger charge is 2.22. The van der Waals surface area contributed by atoms with Crippen LogP contribution < -0.4 is 10.6 Å². The third-order valence-electron chi connectivity index (χ3n) is 7.45. The predicted octanol–water partition coefficient (Wildman–Crippen LogP) is 5.87. The lowest BCUT2D eigenvalue weighted by molar-refractivity contribution is -0.117. The summed E-state index contributed by atoms with van der Waals surface area (Å²) in [6, 6.07) is 16.2. The molecule has 0 spiro atoms. The second-order valence-corrected chi connectivity index (χ2v) is 9.73. The second kappa shape index (κ2) is 12.2. The van der Waals surface area contributed by atoms with E-state index in [1.165, 1.54) is 24.0 Å². The van der Waals surface area contributed by atoms with Crippen LogP contribution in [-0.4, -0.2) is 42.9 Å². The fourth-order valence-corrected chi connectivity index (χ4v) is 5.49. The summed E-state index contributed by atoms with van der Waals surface area (Å²) in [6.07, 6.45) is 7.36. The molecule has 2 aromatic carbocycles. The molecule has 1 aliphatic carbocycles. The lowest BCUT2D eigenvalue weighted by Gasteiger charge is -2.23. The highest BCUT2D eigenvalue weighted by molar-refractivity contribution is 5.98. The average Bonchev–Trinajstić information content (AvgIpc) is 3.40. The van der Waals surface area contributed by atoms with Crippen LogP contribution in [0.5, 0.6) is 0 Å². The van der Waals surface area contributed by atoms with Crippen molar-refractivity contribution in [2.24, 2.45) is 5.92 Å². The minimum Gasteiger partial charge on any atom is -0.339 e. The fourth-order valence-electron chi connectivity index (χ4n) is 5.49. The largest absolute Gasteiger partial charge is 0.339 e. The Bertz CT molecular complexity index is 1040. The summed E-state index contributed by atoms with van der Waals surface area (Å²) in [7, 11) is 0. The van der Waals surface area contributed by atoms with E-state index in [1.54, 1.807) is 0 Å². The average molecular weight is 474 g/mol. The third-order valence-corrected chi connectivity index (χ3v) is 7.45. The van der Waals surface area contributed by atoms with Gasteiger partial charge in [-0.15, -0.1) is 0 Å². The van der Waals surface area contributed by atoms with Gasteiger partial charge in [0.25, 0.3) is 5.91 Å². The molecule has 1 aliphatic heterocycles. The molecule has 0 unspecified atom stereocenters. The van der Waals surface area contributed by atoms with Crippen molar-refractivity contribution in [3.8, 4) is 0 Å². The summed E-state index contributed by atoms with van der Waals surface area (Å²) in [4.78, 5) is 27.6. The van der Waals surface area contributed by atoms with Crippen molar-refractivity contribution in [1.82, 2.24) is 10.2 Å². The first-order valence-corrected chi connectivity index (χ1v) is 13.3. The standard InChI is InChI=1S/C30H39N3O2/c1-3-33(4-2)30(35)25-15-13-23(14-16-25)29(24-17-19-31-20-18-24)26-11-7-8-12-27(26)32-28(34)21-22-9-5-6-10-22/h7-8,11-16,22,31H,3-6,9-10,17-21H2,1-2H3,(H,32,34). The number of hydrogen-bond acceptors (Lipinski definition) is 3. The maximum absolute atomic E-state index is 12.9. The smallest absolute Gasteiger partial charge is 0.253 e. The van der Waals surface area contributed by atoms with Crippen molar-refractivity contribution in [1.29, 1.82) is 0 Å². The molecule has 186 valence electrons. The SMILES string of the molecule is CCN(CC)C(=O)c1ccc(C(=C2CCNCC2)c2ccccc2NC(=O)CC2CCCC2)cc1. The van der Waals surface area contributed by atoms with Crippen molar-refractivity contribution in [2.45, 2.75) is 58.8 Å². The first kappa shape index (κ1) is 25.2. The first-order chi connectivity index (χ1) is 17.1. The normalized spacial score (nSPS) is 16.2. The lowest BCUT2D eigenvalue weighted by Crippen LogP contribution is -2.30. The number of anilines is 1. The summed E-state index contributed by atoms with van der Waals surface area (Å²) in [6.45, 7) is 7.32. The molecule has 35 heavy (non-hydrogen) atoms. The summed E-state index contributed by atoms with van der Waals surface area (Å²) >= 11 is 0. The number of nitrogens with zero attached hydrogens (tertiary/aromatic N) is 1. The highest BCUT2D eigenvalue weighted by atomic mass is 16.2. The Labute approximate surface area is 210 Å². The maximum Gasteiger partial charge on any atom is 0.253 e. The van der Waals surface area contributed by atoms with Crippen LogP contribution in [0.1, 0.15) is 80.3 Å². The summed E-state index contributed by atoms with van der Waals surface area (Å²) < 4.78 is 0. The van der Waals surface area contributed by atoms with Gasteiger partial charge in [-0.3, -0.25) is 9.59 Å². The molecule has 0 atom stereocenters. The summed E-state index contributed by atoms with van der Waals surface area (Å²) in [5.74, 6) is 0.691. The number of amides is 2. The Balaban J connectivity index is 1.66. The van der Waals surface area contributed by atoms with Gasteiger partial charge in [-0.05, 0) is 87.9 Å². The zero-order valence-electron chi connectivity index (χ0n) is 21.2. The van der Waals surface area contributed by atoms with E-state index in [0.29, 0.717) is 31.0 Å². The number of carbonyl (C=O) groups is 2. The van der Waals surface area contributed by atoms with Gasteiger partial charge in [0.15, 0.2) is 0 Å². The van der Waals surface area contributed by atoms with Gasteiger partial charge >= 0.3 is 0 Å². The Kier molecular flexibility index (Phi) is 8.75. The van der Waals surface area contributed by atoms with Crippen LogP contribution >= 0.6 is 0 Å². The van der Waals surface area contributed by atoms with E-state index in [1.807, 2.05) is 49.1 Å². The third kappa shape index (κ3) is 6.21. The van der Waals surface area contributed by atoms with Gasteiger partial charge in [-0.2, -0.15) is 0 Å². The number of benzene rings is 2. The van der Waals surface area contributed by atoms with Gasteiger partial charge in [-0.25, -0.2) is 0 Å². The van der Waals surface area contributed by atoms with Crippen molar-refractivity contribution in [3.63, 3.8) is 0 Å². The summed E-state index contributed by atoms with van der Waals surface area (Å²) in [5.41, 5.74) is 6.32. The first-order valence-electron chi connectivity index (χ1n) is 13.3. The van der Waals surface area contributed by atoms with Crippen LogP contribution in [-0.2, 0) is 4.79 Å². The molecule has 5 nitrogen and oxygen atoms in total. The minimum atomic E-state index is 0.0668. The van der Waals surface area contributed by atoms with E-state index in [0.717, 1.165) is 55.6 Å². The Morgan fingerprint density at radius 1 is 0.914 bits per heavy atom. The van der Waals surface area contributed by atoms with E-state index in [-0.39, 0.29) is 11.8 Å². The van der Waals surface area contributed by atoms with Crippen molar-refractivity contribution in [2.75, 3.05) is 31.5 Å². The molecular formula is C30H39N3O2. The molecule has 1 saturated carbocycles.